The Balaban J connectivity index is 2.07. The Labute approximate surface area is 159 Å². The van der Waals surface area contributed by atoms with Gasteiger partial charge in [-0.25, -0.2) is 0 Å². The predicted molar refractivity (Wildman–Crippen MR) is 113 cm³/mol. The Morgan fingerprint density at radius 2 is 1.08 bits per heavy atom. The topological polar surface area (TPSA) is 0 Å². The number of hydrogen-bond acceptors (Lipinski definition) is 0. The zero-order chi connectivity index (χ0) is 18.9. The van der Waals surface area contributed by atoms with Gasteiger partial charge in [0.05, 0.1) is 0 Å². The van der Waals surface area contributed by atoms with E-state index in [9.17, 15) is 0 Å². The zero-order valence-electron chi connectivity index (χ0n) is 16.9. The maximum atomic E-state index is 3.39. The van der Waals surface area contributed by atoms with Gasteiger partial charge in [0.2, 0.25) is 0 Å². The minimum absolute atomic E-state index is 0.166. The molecule has 0 fully saturated rings. The Hall–Kier alpha value is -2.34. The highest BCUT2D eigenvalue weighted by molar-refractivity contribution is 5.85. The molecule has 0 aliphatic heterocycles. The molecule has 0 heteroatoms. The second-order valence-corrected chi connectivity index (χ2v) is 9.11. The first-order chi connectivity index (χ1) is 12.2. The fourth-order valence-corrected chi connectivity index (χ4v) is 3.24. The Kier molecular flexibility index (Phi) is 4.80. The van der Waals surface area contributed by atoms with Gasteiger partial charge in [-0.2, -0.15) is 0 Å². The Morgan fingerprint density at radius 1 is 0.654 bits per heavy atom. The van der Waals surface area contributed by atoms with Crippen LogP contribution in [0.5, 0.6) is 0 Å². The molecule has 1 aliphatic rings. The molecule has 1 radical (unpaired) electrons. The normalized spacial score (nSPS) is 14.2. The number of rotatable bonds is 2. The first kappa shape index (κ1) is 18.5. The molecule has 0 spiro atoms. The van der Waals surface area contributed by atoms with E-state index in [4.69, 9.17) is 0 Å². The molecule has 1 aliphatic carbocycles. The maximum Gasteiger partial charge on any atom is -0.00326 e. The lowest BCUT2D eigenvalue weighted by Gasteiger charge is -2.21. The van der Waals surface area contributed by atoms with Crippen molar-refractivity contribution in [3.05, 3.63) is 101 Å². The molecule has 0 nitrogen and oxygen atoms in total. The average molecular weight is 342 g/mol. The van der Waals surface area contributed by atoms with E-state index in [1.807, 2.05) is 6.08 Å². The number of allylic oxidation sites excluding steroid dienone is 5. The summed E-state index contributed by atoms with van der Waals surface area (Å²) in [6.07, 6.45) is 9.58. The SMILES string of the molecule is CC(C)(C)c1ccc(C(=C2[C]=CC=C2)c2ccc(C(C)(C)C)cc2)cc1. The molecule has 2 aromatic rings. The van der Waals surface area contributed by atoms with Crippen LogP contribution >= 0.6 is 0 Å². The molecule has 0 bridgehead atoms. The van der Waals surface area contributed by atoms with E-state index < -0.39 is 0 Å². The summed E-state index contributed by atoms with van der Waals surface area (Å²) in [7, 11) is 0. The van der Waals surface area contributed by atoms with Crippen molar-refractivity contribution in [2.24, 2.45) is 0 Å². The monoisotopic (exact) mass is 341 g/mol. The molecule has 0 unspecified atom stereocenters. The van der Waals surface area contributed by atoms with Crippen molar-refractivity contribution in [3.8, 4) is 0 Å². The number of hydrogen-bond donors (Lipinski definition) is 0. The van der Waals surface area contributed by atoms with Crippen LogP contribution in [0.25, 0.3) is 5.57 Å². The third-order valence-electron chi connectivity index (χ3n) is 4.95. The summed E-state index contributed by atoms with van der Waals surface area (Å²) in [4.78, 5) is 0. The number of benzene rings is 2. The van der Waals surface area contributed by atoms with Crippen molar-refractivity contribution >= 4 is 5.57 Å². The van der Waals surface area contributed by atoms with Crippen LogP contribution in [0, 0.1) is 6.08 Å². The van der Waals surface area contributed by atoms with E-state index in [1.54, 1.807) is 0 Å². The van der Waals surface area contributed by atoms with E-state index in [0.717, 1.165) is 5.57 Å². The molecule has 0 saturated heterocycles. The van der Waals surface area contributed by atoms with Crippen molar-refractivity contribution in [2.45, 2.75) is 52.4 Å². The highest BCUT2D eigenvalue weighted by atomic mass is 14.2. The van der Waals surface area contributed by atoms with Crippen LogP contribution < -0.4 is 0 Å². The van der Waals surface area contributed by atoms with Crippen molar-refractivity contribution < 1.29 is 0 Å². The first-order valence-electron chi connectivity index (χ1n) is 9.39. The minimum atomic E-state index is 0.166. The Bertz CT molecular complexity index is 782. The van der Waals surface area contributed by atoms with Crippen LogP contribution in [0.2, 0.25) is 0 Å². The van der Waals surface area contributed by atoms with Crippen molar-refractivity contribution in [2.75, 3.05) is 0 Å². The lowest BCUT2D eigenvalue weighted by Crippen LogP contribution is -2.11. The van der Waals surface area contributed by atoms with E-state index >= 15 is 0 Å². The van der Waals surface area contributed by atoms with Crippen LogP contribution in [0.15, 0.2) is 72.3 Å². The second-order valence-electron chi connectivity index (χ2n) is 9.11. The van der Waals surface area contributed by atoms with Crippen LogP contribution in [0.1, 0.15) is 63.8 Å². The van der Waals surface area contributed by atoms with E-state index in [2.05, 4.69) is 108 Å². The summed E-state index contributed by atoms with van der Waals surface area (Å²) in [6.45, 7) is 13.5. The van der Waals surface area contributed by atoms with E-state index in [-0.39, 0.29) is 10.8 Å². The van der Waals surface area contributed by atoms with Gasteiger partial charge in [-0.05, 0) is 50.3 Å². The minimum Gasteiger partial charge on any atom is -0.0610 e. The molecule has 3 rings (SSSR count). The molecular weight excluding hydrogens is 312 g/mol. The highest BCUT2D eigenvalue weighted by Gasteiger charge is 2.17. The van der Waals surface area contributed by atoms with Crippen LogP contribution in [0.4, 0.5) is 0 Å². The zero-order valence-corrected chi connectivity index (χ0v) is 16.9. The lowest BCUT2D eigenvalue weighted by molar-refractivity contribution is 0.590. The summed E-state index contributed by atoms with van der Waals surface area (Å²) in [5.74, 6) is 0. The molecule has 2 aromatic carbocycles. The van der Waals surface area contributed by atoms with Crippen LogP contribution in [-0.4, -0.2) is 0 Å². The lowest BCUT2D eigenvalue weighted by atomic mass is 9.83. The molecule has 0 amide bonds. The quantitative estimate of drug-likeness (QED) is 0.551. The third-order valence-corrected chi connectivity index (χ3v) is 4.95. The van der Waals surface area contributed by atoms with Gasteiger partial charge in [0.15, 0.2) is 0 Å². The molecule has 26 heavy (non-hydrogen) atoms. The summed E-state index contributed by atoms with van der Waals surface area (Å²) in [5.41, 5.74) is 7.92. The standard InChI is InChI=1S/C26H29/c1-25(2,3)22-15-11-20(12-16-22)24(19-9-7-8-10-19)21-13-17-23(18-14-21)26(4,5)6/h7-9,11-18H,1-6H3. The fraction of sp³-hybridized carbons (Fsp3) is 0.308. The van der Waals surface area contributed by atoms with Crippen LogP contribution in [-0.2, 0) is 10.8 Å². The van der Waals surface area contributed by atoms with E-state index in [1.165, 1.54) is 27.8 Å². The smallest absolute Gasteiger partial charge is 0.00326 e. The van der Waals surface area contributed by atoms with Gasteiger partial charge >= 0.3 is 0 Å². The van der Waals surface area contributed by atoms with Crippen molar-refractivity contribution in [3.63, 3.8) is 0 Å². The molecule has 0 heterocycles. The van der Waals surface area contributed by atoms with Crippen LogP contribution in [0.3, 0.4) is 0 Å². The summed E-state index contributed by atoms with van der Waals surface area (Å²) >= 11 is 0. The summed E-state index contributed by atoms with van der Waals surface area (Å²) in [5, 5.41) is 0. The highest BCUT2D eigenvalue weighted by Crippen LogP contribution is 2.33. The van der Waals surface area contributed by atoms with Gasteiger partial charge in [-0.15, -0.1) is 0 Å². The fourth-order valence-electron chi connectivity index (χ4n) is 3.24. The molecule has 133 valence electrons. The largest absolute Gasteiger partial charge is 0.0610 e. The molecular formula is C26H29. The maximum absolute atomic E-state index is 3.39. The molecule has 0 saturated carbocycles. The first-order valence-corrected chi connectivity index (χ1v) is 9.39. The van der Waals surface area contributed by atoms with Crippen molar-refractivity contribution in [1.82, 2.24) is 0 Å². The molecule has 0 aromatic heterocycles. The molecule has 0 atom stereocenters. The van der Waals surface area contributed by atoms with E-state index in [0.29, 0.717) is 0 Å². The van der Waals surface area contributed by atoms with Gasteiger partial charge in [-0.1, -0.05) is 108 Å². The summed E-state index contributed by atoms with van der Waals surface area (Å²) in [6, 6.07) is 18.0. The predicted octanol–water partition coefficient (Wildman–Crippen LogP) is 7.01. The molecule has 0 N–H and O–H groups in total. The van der Waals surface area contributed by atoms with Gasteiger partial charge in [0.25, 0.3) is 0 Å². The van der Waals surface area contributed by atoms with Crippen molar-refractivity contribution in [1.29, 1.82) is 0 Å². The third kappa shape index (κ3) is 3.90. The average Bonchev–Trinajstić information content (AvgIpc) is 3.08. The second kappa shape index (κ2) is 6.76. The van der Waals surface area contributed by atoms with Gasteiger partial charge in [-0.3, -0.25) is 0 Å². The van der Waals surface area contributed by atoms with Gasteiger partial charge in [0.1, 0.15) is 0 Å². The van der Waals surface area contributed by atoms with Gasteiger partial charge in [0, 0.05) is 0 Å². The summed E-state index contributed by atoms with van der Waals surface area (Å²) < 4.78 is 0. The Morgan fingerprint density at radius 3 is 1.38 bits per heavy atom. The van der Waals surface area contributed by atoms with Gasteiger partial charge < -0.3 is 0 Å².